The van der Waals surface area contributed by atoms with Crippen LogP contribution in [-0.2, 0) is 22.9 Å². The zero-order valence-electron chi connectivity index (χ0n) is 11.5. The van der Waals surface area contributed by atoms with Gasteiger partial charge in [-0.25, -0.2) is 8.42 Å². The van der Waals surface area contributed by atoms with E-state index in [1.54, 1.807) is 10.4 Å². The summed E-state index contributed by atoms with van der Waals surface area (Å²) in [5, 5.41) is 3.41. The van der Waals surface area contributed by atoms with Crippen LogP contribution in [0.1, 0.15) is 24.0 Å². The van der Waals surface area contributed by atoms with E-state index >= 15 is 0 Å². The van der Waals surface area contributed by atoms with Crippen molar-refractivity contribution in [3.05, 3.63) is 29.3 Å². The molecule has 3 aliphatic rings. The lowest BCUT2D eigenvalue weighted by atomic mass is 10.1. The monoisotopic (exact) mass is 292 g/mol. The summed E-state index contributed by atoms with van der Waals surface area (Å²) in [6, 6.07) is 6.06. The highest BCUT2D eigenvalue weighted by molar-refractivity contribution is 7.89. The SMILES string of the molecule is O=S(=O)(c1ccc2c(c1)CCC2)N1C[C@@H]2CCN[C@@H]2C1. The van der Waals surface area contributed by atoms with Crippen molar-refractivity contribution in [2.24, 2.45) is 5.92 Å². The van der Waals surface area contributed by atoms with Crippen LogP contribution < -0.4 is 5.32 Å². The molecule has 2 heterocycles. The Hall–Kier alpha value is -0.910. The van der Waals surface area contributed by atoms with Gasteiger partial charge in [0.25, 0.3) is 0 Å². The van der Waals surface area contributed by atoms with Gasteiger partial charge in [-0.1, -0.05) is 6.07 Å². The standard InChI is InChI=1S/C15H20N2O2S/c18-20(19,17-9-13-6-7-16-15(13)10-17)14-5-4-11-2-1-3-12(11)8-14/h4-5,8,13,15-16H,1-3,6-7,9-10H2/t13-,15+/m0/s1. The van der Waals surface area contributed by atoms with Crippen molar-refractivity contribution in [3.8, 4) is 0 Å². The third-order valence-corrected chi connectivity index (χ3v) is 6.86. The van der Waals surface area contributed by atoms with Crippen LogP contribution in [0.4, 0.5) is 0 Å². The van der Waals surface area contributed by atoms with Gasteiger partial charge in [-0.2, -0.15) is 4.31 Å². The molecule has 2 fully saturated rings. The van der Waals surface area contributed by atoms with Crippen LogP contribution in [0.5, 0.6) is 0 Å². The van der Waals surface area contributed by atoms with E-state index in [0.29, 0.717) is 29.9 Å². The fourth-order valence-electron chi connectivity index (χ4n) is 3.86. The van der Waals surface area contributed by atoms with Crippen LogP contribution in [0.25, 0.3) is 0 Å². The van der Waals surface area contributed by atoms with Crippen molar-refractivity contribution < 1.29 is 8.42 Å². The van der Waals surface area contributed by atoms with Gasteiger partial charge in [-0.15, -0.1) is 0 Å². The Bertz CT molecular complexity index is 629. The fraction of sp³-hybridized carbons (Fsp3) is 0.600. The third kappa shape index (κ3) is 1.91. The zero-order chi connectivity index (χ0) is 13.7. The van der Waals surface area contributed by atoms with E-state index in [2.05, 4.69) is 5.32 Å². The molecule has 1 aliphatic carbocycles. The molecule has 2 aliphatic heterocycles. The molecule has 0 spiro atoms. The number of nitrogens with zero attached hydrogens (tertiary/aromatic N) is 1. The van der Waals surface area contributed by atoms with E-state index in [0.717, 1.165) is 32.2 Å². The summed E-state index contributed by atoms with van der Waals surface area (Å²) in [4.78, 5) is 0.484. The first-order valence-corrected chi connectivity index (χ1v) is 8.94. The summed E-state index contributed by atoms with van der Waals surface area (Å²) in [7, 11) is -3.31. The molecule has 2 saturated heterocycles. The molecule has 0 radical (unpaired) electrons. The van der Waals surface area contributed by atoms with Gasteiger partial charge in [0.05, 0.1) is 4.90 Å². The quantitative estimate of drug-likeness (QED) is 0.890. The minimum absolute atomic E-state index is 0.360. The van der Waals surface area contributed by atoms with Crippen molar-refractivity contribution in [1.82, 2.24) is 9.62 Å². The van der Waals surface area contributed by atoms with Gasteiger partial charge in [0.15, 0.2) is 0 Å². The smallest absolute Gasteiger partial charge is 0.243 e. The molecule has 0 aromatic heterocycles. The number of fused-ring (bicyclic) bond motifs is 2. The Morgan fingerprint density at radius 1 is 1.15 bits per heavy atom. The second kappa shape index (κ2) is 4.55. The predicted molar refractivity (Wildman–Crippen MR) is 77.1 cm³/mol. The first-order chi connectivity index (χ1) is 9.64. The van der Waals surface area contributed by atoms with E-state index in [1.807, 2.05) is 12.1 Å². The van der Waals surface area contributed by atoms with Crippen LogP contribution in [0, 0.1) is 5.92 Å². The number of aryl methyl sites for hydroxylation is 2. The number of nitrogens with one attached hydrogen (secondary N) is 1. The minimum atomic E-state index is -3.31. The van der Waals surface area contributed by atoms with Gasteiger partial charge >= 0.3 is 0 Å². The number of sulfonamides is 1. The molecule has 1 aromatic rings. The highest BCUT2D eigenvalue weighted by Crippen LogP contribution is 2.31. The van der Waals surface area contributed by atoms with Gasteiger partial charge < -0.3 is 5.32 Å². The van der Waals surface area contributed by atoms with Gasteiger partial charge in [0, 0.05) is 19.1 Å². The fourth-order valence-corrected chi connectivity index (χ4v) is 5.44. The number of hydrogen-bond acceptors (Lipinski definition) is 3. The summed E-state index contributed by atoms with van der Waals surface area (Å²) >= 11 is 0. The maximum Gasteiger partial charge on any atom is 0.243 e. The second-order valence-electron chi connectivity index (χ2n) is 6.22. The summed E-state index contributed by atoms with van der Waals surface area (Å²) in [6.45, 7) is 2.34. The normalized spacial score (nSPS) is 29.6. The minimum Gasteiger partial charge on any atom is -0.312 e. The van der Waals surface area contributed by atoms with Crippen LogP contribution in [0.15, 0.2) is 23.1 Å². The predicted octanol–water partition coefficient (Wildman–Crippen LogP) is 1.16. The average molecular weight is 292 g/mol. The number of hydrogen-bond donors (Lipinski definition) is 1. The topological polar surface area (TPSA) is 49.4 Å². The van der Waals surface area contributed by atoms with Crippen LogP contribution in [0.2, 0.25) is 0 Å². The summed E-state index contributed by atoms with van der Waals surface area (Å²) in [6.07, 6.45) is 4.36. The van der Waals surface area contributed by atoms with Gasteiger partial charge in [-0.05, 0) is 61.4 Å². The van der Waals surface area contributed by atoms with Crippen LogP contribution in [-0.4, -0.2) is 38.4 Å². The van der Waals surface area contributed by atoms with Gasteiger partial charge in [0.1, 0.15) is 0 Å². The molecule has 2 atom stereocenters. The first kappa shape index (κ1) is 12.8. The molecule has 20 heavy (non-hydrogen) atoms. The van der Waals surface area contributed by atoms with Crippen molar-refractivity contribution in [2.45, 2.75) is 36.6 Å². The van der Waals surface area contributed by atoms with Crippen molar-refractivity contribution in [3.63, 3.8) is 0 Å². The Balaban J connectivity index is 1.64. The molecule has 108 valence electrons. The molecule has 4 nitrogen and oxygen atoms in total. The highest BCUT2D eigenvalue weighted by atomic mass is 32.2. The summed E-state index contributed by atoms with van der Waals surface area (Å²) in [5.74, 6) is 0.499. The molecule has 0 saturated carbocycles. The summed E-state index contributed by atoms with van der Waals surface area (Å²) in [5.41, 5.74) is 2.55. The molecular weight excluding hydrogens is 272 g/mol. The Kier molecular flexibility index (Phi) is 2.91. The van der Waals surface area contributed by atoms with E-state index in [9.17, 15) is 8.42 Å². The van der Waals surface area contributed by atoms with Crippen molar-refractivity contribution in [1.29, 1.82) is 0 Å². The largest absolute Gasteiger partial charge is 0.312 e. The molecule has 0 bridgehead atoms. The molecular formula is C15H20N2O2S. The maximum atomic E-state index is 12.8. The Labute approximate surface area is 120 Å². The van der Waals surface area contributed by atoms with Gasteiger partial charge in [0.2, 0.25) is 10.0 Å². The van der Waals surface area contributed by atoms with E-state index in [-0.39, 0.29) is 0 Å². The number of rotatable bonds is 2. The molecule has 4 rings (SSSR count). The molecule has 1 aromatic carbocycles. The Morgan fingerprint density at radius 3 is 2.85 bits per heavy atom. The third-order valence-electron chi connectivity index (χ3n) is 5.04. The lowest BCUT2D eigenvalue weighted by Gasteiger charge is -2.18. The van der Waals surface area contributed by atoms with E-state index in [1.165, 1.54) is 11.1 Å². The van der Waals surface area contributed by atoms with E-state index < -0.39 is 10.0 Å². The highest BCUT2D eigenvalue weighted by Gasteiger charge is 2.41. The average Bonchev–Trinajstić information content (AvgIpc) is 3.12. The molecule has 1 N–H and O–H groups in total. The molecule has 0 unspecified atom stereocenters. The number of benzene rings is 1. The lowest BCUT2D eigenvalue weighted by Crippen LogP contribution is -2.34. The van der Waals surface area contributed by atoms with Crippen molar-refractivity contribution in [2.75, 3.05) is 19.6 Å². The zero-order valence-corrected chi connectivity index (χ0v) is 12.3. The van der Waals surface area contributed by atoms with E-state index in [4.69, 9.17) is 0 Å². The van der Waals surface area contributed by atoms with Crippen molar-refractivity contribution >= 4 is 10.0 Å². The molecule has 5 heteroatoms. The van der Waals surface area contributed by atoms with Crippen LogP contribution >= 0.6 is 0 Å². The van der Waals surface area contributed by atoms with Crippen LogP contribution in [0.3, 0.4) is 0 Å². The second-order valence-corrected chi connectivity index (χ2v) is 8.15. The Morgan fingerprint density at radius 2 is 2.00 bits per heavy atom. The molecule has 0 amide bonds. The van der Waals surface area contributed by atoms with Gasteiger partial charge in [-0.3, -0.25) is 0 Å². The summed E-state index contributed by atoms with van der Waals surface area (Å²) < 4.78 is 27.2. The maximum absolute atomic E-state index is 12.8. The lowest BCUT2D eigenvalue weighted by molar-refractivity contribution is 0.448. The first-order valence-electron chi connectivity index (χ1n) is 7.50.